The maximum absolute atomic E-state index is 11.9. The highest BCUT2D eigenvalue weighted by molar-refractivity contribution is 5.92. The third kappa shape index (κ3) is 3.29. The fourth-order valence-corrected chi connectivity index (χ4v) is 2.10. The fraction of sp³-hybridized carbons (Fsp3) is 0.467. The van der Waals surface area contributed by atoms with Gasteiger partial charge in [-0.1, -0.05) is 6.92 Å². The lowest BCUT2D eigenvalue weighted by Gasteiger charge is -2.18. The minimum absolute atomic E-state index is 0.317. The molecule has 0 aliphatic carbocycles. The molecule has 0 spiro atoms. The summed E-state index contributed by atoms with van der Waals surface area (Å²) in [4.78, 5) is 25.3. The second-order valence-corrected chi connectivity index (χ2v) is 4.82. The van der Waals surface area contributed by atoms with Crippen molar-refractivity contribution in [1.29, 1.82) is 0 Å². The Morgan fingerprint density at radius 2 is 2.10 bits per heavy atom. The van der Waals surface area contributed by atoms with Gasteiger partial charge < -0.3 is 14.4 Å². The van der Waals surface area contributed by atoms with E-state index in [1.54, 1.807) is 12.1 Å². The van der Waals surface area contributed by atoms with Crippen LogP contribution in [0.25, 0.3) is 0 Å². The molecule has 5 heteroatoms. The average Bonchev–Trinajstić information content (AvgIpc) is 2.85. The van der Waals surface area contributed by atoms with Gasteiger partial charge in [-0.2, -0.15) is 0 Å². The van der Waals surface area contributed by atoms with E-state index in [4.69, 9.17) is 9.47 Å². The number of ether oxygens (including phenoxy) is 2. The topological polar surface area (TPSA) is 55.8 Å². The van der Waals surface area contributed by atoms with Crippen molar-refractivity contribution in [3.8, 4) is 0 Å². The summed E-state index contributed by atoms with van der Waals surface area (Å²) in [7, 11) is 2.01. The molecule has 1 saturated heterocycles. The highest BCUT2D eigenvalue weighted by Gasteiger charge is 2.30. The number of anilines is 1. The summed E-state index contributed by atoms with van der Waals surface area (Å²) in [6, 6.07) is 7.17. The van der Waals surface area contributed by atoms with Gasteiger partial charge in [0.1, 0.15) is 0 Å². The number of carbonyl (C=O) groups is 2. The Morgan fingerprint density at radius 3 is 2.65 bits per heavy atom. The summed E-state index contributed by atoms with van der Waals surface area (Å²) < 4.78 is 9.89. The van der Waals surface area contributed by atoms with Crippen molar-refractivity contribution >= 4 is 17.6 Å². The number of carbonyl (C=O) groups excluding carboxylic acids is 2. The zero-order chi connectivity index (χ0) is 14.5. The Bertz CT molecular complexity index is 483. The first-order valence-corrected chi connectivity index (χ1v) is 6.80. The molecule has 5 nitrogen and oxygen atoms in total. The molecule has 1 aromatic carbocycles. The van der Waals surface area contributed by atoms with Crippen molar-refractivity contribution < 1.29 is 19.1 Å². The zero-order valence-corrected chi connectivity index (χ0v) is 11.8. The molecule has 0 bridgehead atoms. The Morgan fingerprint density at radius 1 is 1.40 bits per heavy atom. The molecule has 1 atom stereocenters. The van der Waals surface area contributed by atoms with Crippen molar-refractivity contribution in [3.05, 3.63) is 29.8 Å². The van der Waals surface area contributed by atoms with Crippen LogP contribution in [0.15, 0.2) is 24.3 Å². The molecule has 0 unspecified atom stereocenters. The summed E-state index contributed by atoms with van der Waals surface area (Å²) >= 11 is 0. The number of nitrogens with zero attached hydrogens (tertiary/aromatic N) is 1. The Kier molecular flexibility index (Phi) is 4.61. The third-order valence-electron chi connectivity index (χ3n) is 3.24. The number of benzene rings is 1. The summed E-state index contributed by atoms with van der Waals surface area (Å²) in [5.74, 6) is -0.948. The van der Waals surface area contributed by atoms with E-state index in [9.17, 15) is 9.59 Å². The van der Waals surface area contributed by atoms with Gasteiger partial charge in [-0.25, -0.2) is 9.59 Å². The molecular weight excluding hydrogens is 258 g/mol. The van der Waals surface area contributed by atoms with E-state index in [1.807, 2.05) is 19.2 Å². The molecule has 20 heavy (non-hydrogen) atoms. The minimum atomic E-state index is -0.759. The van der Waals surface area contributed by atoms with Gasteiger partial charge >= 0.3 is 11.9 Å². The van der Waals surface area contributed by atoms with Crippen molar-refractivity contribution in [3.63, 3.8) is 0 Å². The smallest absolute Gasteiger partial charge is 0.347 e. The average molecular weight is 277 g/mol. The number of esters is 2. The molecule has 108 valence electrons. The van der Waals surface area contributed by atoms with Crippen LogP contribution in [0.1, 0.15) is 30.1 Å². The van der Waals surface area contributed by atoms with Crippen LogP contribution in [0.4, 0.5) is 5.69 Å². The number of rotatable bonds is 5. The van der Waals surface area contributed by atoms with E-state index < -0.39 is 18.0 Å². The molecule has 2 rings (SSSR count). The first-order chi connectivity index (χ1) is 9.61. The van der Waals surface area contributed by atoms with Crippen LogP contribution in [0.2, 0.25) is 0 Å². The first kappa shape index (κ1) is 14.4. The van der Waals surface area contributed by atoms with Gasteiger partial charge in [0, 0.05) is 25.7 Å². The summed E-state index contributed by atoms with van der Waals surface area (Å²) in [5.41, 5.74) is 1.49. The van der Waals surface area contributed by atoms with E-state index in [0.717, 1.165) is 18.7 Å². The molecule has 0 N–H and O–H groups in total. The summed E-state index contributed by atoms with van der Waals surface area (Å²) in [5, 5.41) is 0. The second kappa shape index (κ2) is 6.41. The van der Waals surface area contributed by atoms with Gasteiger partial charge in [0.25, 0.3) is 0 Å². The lowest BCUT2D eigenvalue weighted by Crippen LogP contribution is -2.22. The van der Waals surface area contributed by atoms with Crippen LogP contribution in [-0.2, 0) is 14.3 Å². The highest BCUT2D eigenvalue weighted by Crippen LogP contribution is 2.17. The lowest BCUT2D eigenvalue weighted by atomic mass is 10.2. The standard InChI is InChI=1S/C15H19NO4/c1-3-9-16(2)12-6-4-11(5-7-12)14(17)20-13-8-10-19-15(13)18/h4-7,13H,3,8-10H2,1-2H3/t13-/m1/s1. The van der Waals surface area contributed by atoms with E-state index in [1.165, 1.54) is 0 Å². The maximum atomic E-state index is 11.9. The molecule has 1 aliphatic heterocycles. The van der Waals surface area contributed by atoms with Crippen LogP contribution in [0.5, 0.6) is 0 Å². The molecule has 0 amide bonds. The molecule has 0 aromatic heterocycles. The summed E-state index contributed by atoms with van der Waals surface area (Å²) in [6.45, 7) is 3.39. The maximum Gasteiger partial charge on any atom is 0.347 e. The van der Waals surface area contributed by atoms with Gasteiger partial charge in [-0.05, 0) is 30.7 Å². The van der Waals surface area contributed by atoms with Gasteiger partial charge in [-0.3, -0.25) is 0 Å². The highest BCUT2D eigenvalue weighted by atomic mass is 16.6. The minimum Gasteiger partial charge on any atom is -0.463 e. The van der Waals surface area contributed by atoms with E-state index in [-0.39, 0.29) is 0 Å². The van der Waals surface area contributed by atoms with Gasteiger partial charge in [-0.15, -0.1) is 0 Å². The normalized spacial score (nSPS) is 17.7. The van der Waals surface area contributed by atoms with Gasteiger partial charge in [0.05, 0.1) is 12.2 Å². The van der Waals surface area contributed by atoms with Crippen LogP contribution < -0.4 is 4.90 Å². The quantitative estimate of drug-likeness (QED) is 0.771. The van der Waals surface area contributed by atoms with Crippen molar-refractivity contribution in [2.45, 2.75) is 25.9 Å². The largest absolute Gasteiger partial charge is 0.463 e. The first-order valence-electron chi connectivity index (χ1n) is 6.80. The molecular formula is C15H19NO4. The van der Waals surface area contributed by atoms with Gasteiger partial charge in [0.2, 0.25) is 6.10 Å². The molecule has 1 aromatic rings. The molecule has 1 heterocycles. The molecule has 1 aliphatic rings. The van der Waals surface area contributed by atoms with Crippen molar-refractivity contribution in [2.75, 3.05) is 25.1 Å². The fourth-order valence-electron chi connectivity index (χ4n) is 2.10. The lowest BCUT2D eigenvalue weighted by molar-refractivity contribution is -0.145. The van der Waals surface area contributed by atoms with Crippen molar-refractivity contribution in [2.24, 2.45) is 0 Å². The predicted octanol–water partition coefficient (Wildman–Crippen LogP) is 2.01. The van der Waals surface area contributed by atoms with E-state index in [0.29, 0.717) is 18.6 Å². The number of hydrogen-bond acceptors (Lipinski definition) is 5. The van der Waals surface area contributed by atoms with Crippen molar-refractivity contribution in [1.82, 2.24) is 0 Å². The summed E-state index contributed by atoms with van der Waals surface area (Å²) in [6.07, 6.45) is 0.733. The Balaban J connectivity index is 1.98. The number of cyclic esters (lactones) is 1. The molecule has 0 radical (unpaired) electrons. The number of hydrogen-bond donors (Lipinski definition) is 0. The monoisotopic (exact) mass is 277 g/mol. The Labute approximate surface area is 118 Å². The Hall–Kier alpha value is -2.04. The molecule has 1 fully saturated rings. The second-order valence-electron chi connectivity index (χ2n) is 4.82. The molecule has 0 saturated carbocycles. The third-order valence-corrected chi connectivity index (χ3v) is 3.24. The zero-order valence-electron chi connectivity index (χ0n) is 11.8. The predicted molar refractivity (Wildman–Crippen MR) is 74.8 cm³/mol. The van der Waals surface area contributed by atoms with E-state index in [2.05, 4.69) is 11.8 Å². The SMILES string of the molecule is CCCN(C)c1ccc(C(=O)O[C@@H]2CCOC2=O)cc1. The van der Waals surface area contributed by atoms with Gasteiger partial charge in [0.15, 0.2) is 0 Å². The van der Waals surface area contributed by atoms with Crippen LogP contribution in [0.3, 0.4) is 0 Å². The van der Waals surface area contributed by atoms with Crippen LogP contribution in [-0.4, -0.2) is 38.2 Å². The van der Waals surface area contributed by atoms with Crippen LogP contribution >= 0.6 is 0 Å². The van der Waals surface area contributed by atoms with E-state index >= 15 is 0 Å². The van der Waals surface area contributed by atoms with Crippen LogP contribution in [0, 0.1) is 0 Å².